The summed E-state index contributed by atoms with van der Waals surface area (Å²) < 4.78 is 11.3. The van der Waals surface area contributed by atoms with Crippen molar-refractivity contribution in [3.05, 3.63) is 77.5 Å². The molecule has 1 saturated carbocycles. The highest BCUT2D eigenvalue weighted by Gasteiger charge is 2.45. The molecule has 4 rings (SSSR count). The van der Waals surface area contributed by atoms with Gasteiger partial charge in [-0.05, 0) is 79.0 Å². The molecule has 0 bridgehead atoms. The van der Waals surface area contributed by atoms with E-state index in [2.05, 4.69) is 93.3 Å². The molecule has 0 N–H and O–H groups in total. The van der Waals surface area contributed by atoms with Crippen molar-refractivity contribution in [3.8, 4) is 17.4 Å². The first-order valence-corrected chi connectivity index (χ1v) is 13.4. The maximum absolute atomic E-state index is 5.92. The van der Waals surface area contributed by atoms with Crippen molar-refractivity contribution >= 4 is 0 Å². The fourth-order valence-electron chi connectivity index (χ4n) is 5.49. The van der Waals surface area contributed by atoms with Crippen molar-refractivity contribution < 1.29 is 9.47 Å². The van der Waals surface area contributed by atoms with Crippen LogP contribution in [-0.2, 0) is 5.41 Å². The van der Waals surface area contributed by atoms with Gasteiger partial charge in [0.2, 0.25) is 5.88 Å². The Morgan fingerprint density at radius 2 is 1.33 bits per heavy atom. The number of methoxy groups -OCH3 is 1. The van der Waals surface area contributed by atoms with E-state index < -0.39 is 0 Å². The molecule has 0 aliphatic heterocycles. The number of nitrogens with zero attached hydrogens (tertiary/aromatic N) is 2. The molecule has 0 radical (unpaired) electrons. The lowest BCUT2D eigenvalue weighted by Crippen LogP contribution is -2.41. The fourth-order valence-corrected chi connectivity index (χ4v) is 5.49. The first kappa shape index (κ1) is 29.4. The Bertz CT molecular complexity index is 1030. The number of hydrogen-bond donors (Lipinski definition) is 0. The molecule has 1 fully saturated rings. The molecule has 0 amide bonds. The molecule has 1 aliphatic carbocycles. The smallest absolute Gasteiger partial charge is 0.238 e. The van der Waals surface area contributed by atoms with Crippen LogP contribution < -0.4 is 9.47 Å². The summed E-state index contributed by atoms with van der Waals surface area (Å²) in [6.45, 7) is 17.3. The maximum atomic E-state index is 5.92. The lowest BCUT2D eigenvalue weighted by Gasteiger charge is -2.48. The van der Waals surface area contributed by atoms with Gasteiger partial charge in [-0.2, -0.15) is 5.10 Å². The molecule has 1 heterocycles. The van der Waals surface area contributed by atoms with Gasteiger partial charge < -0.3 is 9.47 Å². The van der Waals surface area contributed by atoms with E-state index in [-0.39, 0.29) is 10.8 Å². The molecule has 36 heavy (non-hydrogen) atoms. The summed E-state index contributed by atoms with van der Waals surface area (Å²) in [5.41, 5.74) is 3.80. The molecule has 2 aromatic carbocycles. The second-order valence-electron chi connectivity index (χ2n) is 10.5. The third kappa shape index (κ3) is 7.56. The molecule has 3 aromatic rings. The van der Waals surface area contributed by atoms with Crippen molar-refractivity contribution in [2.24, 2.45) is 11.3 Å². The second-order valence-corrected chi connectivity index (χ2v) is 10.5. The van der Waals surface area contributed by atoms with Gasteiger partial charge in [-0.15, -0.1) is 5.10 Å². The zero-order valence-electron chi connectivity index (χ0n) is 23.9. The minimum absolute atomic E-state index is 0.0321. The number of ether oxygens (including phenoxy) is 2. The standard InChI is InChI=1S/C27H32N2O2.C3H8.C2H6/c1-19-16-26(3,4)18-27(17-19,21-7-11-23(30-5)12-8-21)22-9-13-24(14-10-22)31-25-15-6-20(2)28-29-25;1-3-2;1-2/h6-15,19H,16-18H2,1-5H3;3H2,1-2H3;1-2H3. The third-order valence-electron chi connectivity index (χ3n) is 6.42. The predicted octanol–water partition coefficient (Wildman–Crippen LogP) is 9.16. The van der Waals surface area contributed by atoms with Crippen molar-refractivity contribution in [2.45, 2.75) is 86.5 Å². The predicted molar refractivity (Wildman–Crippen MR) is 151 cm³/mol. The molecule has 4 nitrogen and oxygen atoms in total. The number of hydrogen-bond acceptors (Lipinski definition) is 4. The van der Waals surface area contributed by atoms with E-state index in [0.29, 0.717) is 11.8 Å². The van der Waals surface area contributed by atoms with Gasteiger partial charge in [0.15, 0.2) is 0 Å². The Kier molecular flexibility index (Phi) is 11.0. The Hall–Kier alpha value is -2.88. The molecule has 2 atom stereocenters. The summed E-state index contributed by atoms with van der Waals surface area (Å²) >= 11 is 0. The molecular weight excluding hydrogens is 444 g/mol. The Morgan fingerprint density at radius 1 is 0.806 bits per heavy atom. The van der Waals surface area contributed by atoms with Gasteiger partial charge in [-0.3, -0.25) is 0 Å². The first-order chi connectivity index (χ1) is 17.2. The molecule has 1 aliphatic rings. The lowest BCUT2D eigenvalue weighted by atomic mass is 9.55. The van der Waals surface area contributed by atoms with E-state index in [4.69, 9.17) is 9.47 Å². The Labute approximate surface area is 219 Å². The van der Waals surface area contributed by atoms with Crippen molar-refractivity contribution in [1.82, 2.24) is 10.2 Å². The summed E-state index contributed by atoms with van der Waals surface area (Å²) in [5, 5.41) is 8.18. The normalized spacial score (nSPS) is 20.2. The van der Waals surface area contributed by atoms with Crippen LogP contribution in [0.15, 0.2) is 60.7 Å². The monoisotopic (exact) mass is 490 g/mol. The van der Waals surface area contributed by atoms with Crippen molar-refractivity contribution in [3.63, 3.8) is 0 Å². The van der Waals surface area contributed by atoms with Gasteiger partial charge >= 0.3 is 0 Å². The summed E-state index contributed by atoms with van der Waals surface area (Å²) in [5.74, 6) is 2.82. The summed E-state index contributed by atoms with van der Waals surface area (Å²) in [6, 6.07) is 20.9. The molecule has 196 valence electrons. The molecule has 0 saturated heterocycles. The summed E-state index contributed by atoms with van der Waals surface area (Å²) in [7, 11) is 1.72. The quantitative estimate of drug-likeness (QED) is 0.357. The van der Waals surface area contributed by atoms with Crippen LogP contribution in [0, 0.1) is 18.3 Å². The van der Waals surface area contributed by atoms with Gasteiger partial charge in [0, 0.05) is 11.5 Å². The van der Waals surface area contributed by atoms with Crippen LogP contribution in [-0.4, -0.2) is 17.3 Å². The van der Waals surface area contributed by atoms with Crippen LogP contribution in [0.5, 0.6) is 17.4 Å². The van der Waals surface area contributed by atoms with Crippen LogP contribution in [0.25, 0.3) is 0 Å². The van der Waals surface area contributed by atoms with Crippen LogP contribution in [0.3, 0.4) is 0 Å². The number of benzene rings is 2. The van der Waals surface area contributed by atoms with Gasteiger partial charge in [0.25, 0.3) is 0 Å². The number of rotatable bonds is 5. The van der Waals surface area contributed by atoms with E-state index in [1.807, 2.05) is 32.9 Å². The van der Waals surface area contributed by atoms with Crippen LogP contribution in [0.1, 0.15) is 91.0 Å². The largest absolute Gasteiger partial charge is 0.497 e. The highest BCUT2D eigenvalue weighted by atomic mass is 16.5. The van der Waals surface area contributed by atoms with E-state index in [1.165, 1.54) is 24.0 Å². The van der Waals surface area contributed by atoms with E-state index in [1.54, 1.807) is 7.11 Å². The molecular formula is C32H46N2O2. The van der Waals surface area contributed by atoms with Crippen LogP contribution in [0.4, 0.5) is 0 Å². The van der Waals surface area contributed by atoms with Crippen molar-refractivity contribution in [2.75, 3.05) is 7.11 Å². The average molecular weight is 491 g/mol. The Balaban J connectivity index is 0.000000850. The highest BCUT2D eigenvalue weighted by Crippen LogP contribution is 2.53. The van der Waals surface area contributed by atoms with Crippen molar-refractivity contribution in [1.29, 1.82) is 0 Å². The number of aryl methyl sites for hydroxylation is 1. The zero-order valence-corrected chi connectivity index (χ0v) is 23.9. The first-order valence-electron chi connectivity index (χ1n) is 13.4. The summed E-state index contributed by atoms with van der Waals surface area (Å²) in [4.78, 5) is 0. The SMILES string of the molecule is CC.CCC.COc1ccc(C2(c3ccc(Oc4ccc(C)nn4)cc3)CC(C)CC(C)(C)C2)cc1. The third-order valence-corrected chi connectivity index (χ3v) is 6.42. The maximum Gasteiger partial charge on any atom is 0.238 e. The van der Waals surface area contributed by atoms with Gasteiger partial charge in [-0.1, -0.05) is 79.2 Å². The topological polar surface area (TPSA) is 44.2 Å². The van der Waals surface area contributed by atoms with E-state index in [9.17, 15) is 0 Å². The molecule has 1 aromatic heterocycles. The van der Waals surface area contributed by atoms with Crippen LogP contribution in [0.2, 0.25) is 0 Å². The molecule has 0 spiro atoms. The van der Waals surface area contributed by atoms with Gasteiger partial charge in [0.05, 0.1) is 12.8 Å². The Morgan fingerprint density at radius 3 is 1.78 bits per heavy atom. The van der Waals surface area contributed by atoms with E-state index >= 15 is 0 Å². The van der Waals surface area contributed by atoms with Gasteiger partial charge in [-0.25, -0.2) is 0 Å². The minimum Gasteiger partial charge on any atom is -0.497 e. The van der Waals surface area contributed by atoms with Crippen LogP contribution >= 0.6 is 0 Å². The fraction of sp³-hybridized carbons (Fsp3) is 0.500. The van der Waals surface area contributed by atoms with Gasteiger partial charge in [0.1, 0.15) is 11.5 Å². The molecule has 4 heteroatoms. The number of aromatic nitrogens is 2. The molecule has 2 unspecified atom stereocenters. The highest BCUT2D eigenvalue weighted by molar-refractivity contribution is 5.44. The minimum atomic E-state index is -0.0321. The summed E-state index contributed by atoms with van der Waals surface area (Å²) in [6.07, 6.45) is 4.74. The zero-order chi connectivity index (χ0) is 26.8. The average Bonchev–Trinajstić information content (AvgIpc) is 2.86. The second kappa shape index (κ2) is 13.4. The lowest BCUT2D eigenvalue weighted by molar-refractivity contribution is 0.127. The van der Waals surface area contributed by atoms with E-state index in [0.717, 1.165) is 30.0 Å².